The summed E-state index contributed by atoms with van der Waals surface area (Å²) >= 11 is 0. The predicted octanol–water partition coefficient (Wildman–Crippen LogP) is 2.81. The van der Waals surface area contributed by atoms with Crippen molar-refractivity contribution in [2.24, 2.45) is 5.41 Å². The van der Waals surface area contributed by atoms with Crippen LogP contribution in [0.25, 0.3) is 0 Å². The smallest absolute Gasteiger partial charge is 0.293 e. The lowest BCUT2D eigenvalue weighted by Crippen LogP contribution is -2.29. The minimum atomic E-state index is -0.0165. The van der Waals surface area contributed by atoms with Crippen molar-refractivity contribution in [3.8, 4) is 0 Å². The first-order chi connectivity index (χ1) is 8.39. The molecule has 0 aromatic carbocycles. The number of nitrogens with zero attached hydrogens (tertiary/aromatic N) is 2. The molecule has 1 N–H and O–H groups in total. The van der Waals surface area contributed by atoms with Gasteiger partial charge in [-0.15, -0.1) is 0 Å². The Morgan fingerprint density at radius 3 is 2.78 bits per heavy atom. The van der Waals surface area contributed by atoms with Gasteiger partial charge in [-0.3, -0.25) is 4.79 Å². The first kappa shape index (κ1) is 13.1. The Bertz CT molecular complexity index is 476. The van der Waals surface area contributed by atoms with Crippen LogP contribution >= 0.6 is 0 Å². The minimum absolute atomic E-state index is 0.0165. The van der Waals surface area contributed by atoms with Crippen molar-refractivity contribution in [1.82, 2.24) is 9.55 Å². The summed E-state index contributed by atoms with van der Waals surface area (Å²) in [4.78, 5) is 16.4. The van der Waals surface area contributed by atoms with E-state index in [2.05, 4.69) is 24.1 Å². The molecular formula is C14H23N3O. The number of rotatable bonds is 3. The molecule has 1 aromatic heterocycles. The van der Waals surface area contributed by atoms with Crippen LogP contribution in [0.4, 0.5) is 5.82 Å². The van der Waals surface area contributed by atoms with E-state index < -0.39 is 0 Å². The zero-order valence-corrected chi connectivity index (χ0v) is 11.7. The van der Waals surface area contributed by atoms with Crippen LogP contribution in [-0.2, 0) is 0 Å². The zero-order valence-electron chi connectivity index (χ0n) is 11.7. The molecule has 1 aromatic rings. The summed E-state index contributed by atoms with van der Waals surface area (Å²) in [6, 6.07) is 0.546. The Kier molecular flexibility index (Phi) is 3.46. The lowest BCUT2D eigenvalue weighted by Gasteiger charge is -2.18. The fourth-order valence-corrected chi connectivity index (χ4v) is 2.68. The Hall–Kier alpha value is -1.32. The van der Waals surface area contributed by atoms with Gasteiger partial charge in [0.25, 0.3) is 5.56 Å². The highest BCUT2D eigenvalue weighted by molar-refractivity contribution is 5.33. The Morgan fingerprint density at radius 2 is 2.22 bits per heavy atom. The summed E-state index contributed by atoms with van der Waals surface area (Å²) < 4.78 is 1.72. The second-order valence-electron chi connectivity index (χ2n) is 6.33. The van der Waals surface area contributed by atoms with Crippen LogP contribution in [0.15, 0.2) is 17.2 Å². The molecular weight excluding hydrogens is 226 g/mol. The first-order valence-corrected chi connectivity index (χ1v) is 6.73. The molecule has 4 nitrogen and oxygen atoms in total. The monoisotopic (exact) mass is 249 g/mol. The molecule has 1 fully saturated rings. The lowest BCUT2D eigenvalue weighted by molar-refractivity contribution is 0.378. The van der Waals surface area contributed by atoms with Gasteiger partial charge in [-0.25, -0.2) is 4.98 Å². The summed E-state index contributed by atoms with van der Waals surface area (Å²) in [5.74, 6) is 0.494. The molecule has 0 radical (unpaired) electrons. The zero-order chi connectivity index (χ0) is 13.3. The van der Waals surface area contributed by atoms with Gasteiger partial charge in [0.05, 0.1) is 0 Å². The molecule has 0 aliphatic heterocycles. The molecule has 1 atom stereocenters. The molecule has 0 spiro atoms. The van der Waals surface area contributed by atoms with Crippen molar-refractivity contribution in [2.45, 2.75) is 59.0 Å². The fraction of sp³-hybridized carbons (Fsp3) is 0.714. The van der Waals surface area contributed by atoms with E-state index in [1.165, 1.54) is 6.42 Å². The normalized spacial score (nSPS) is 22.4. The maximum absolute atomic E-state index is 12.2. The Balaban J connectivity index is 2.16. The quantitative estimate of drug-likeness (QED) is 0.896. The molecule has 1 aliphatic rings. The highest BCUT2D eigenvalue weighted by atomic mass is 16.1. The lowest BCUT2D eigenvalue weighted by atomic mass is 9.92. The third kappa shape index (κ3) is 2.74. The van der Waals surface area contributed by atoms with Crippen molar-refractivity contribution in [3.05, 3.63) is 22.7 Å². The van der Waals surface area contributed by atoms with Crippen LogP contribution in [0, 0.1) is 5.41 Å². The standard InChI is InChI=1S/C14H23N3O/c1-10(2)17-8-7-15-12(13(17)18)16-11-5-6-14(3,4)9-11/h7-8,10-11H,5-6,9H2,1-4H3,(H,15,16). The third-order valence-corrected chi connectivity index (χ3v) is 3.73. The Morgan fingerprint density at radius 1 is 1.50 bits per heavy atom. The predicted molar refractivity (Wildman–Crippen MR) is 73.9 cm³/mol. The molecule has 18 heavy (non-hydrogen) atoms. The summed E-state index contributed by atoms with van der Waals surface area (Å²) in [7, 11) is 0. The van der Waals surface area contributed by atoms with Gasteiger partial charge in [0.1, 0.15) is 0 Å². The van der Waals surface area contributed by atoms with Gasteiger partial charge in [0.2, 0.25) is 0 Å². The van der Waals surface area contributed by atoms with Crippen LogP contribution in [0.5, 0.6) is 0 Å². The van der Waals surface area contributed by atoms with Gasteiger partial charge < -0.3 is 9.88 Å². The Labute approximate surface area is 108 Å². The third-order valence-electron chi connectivity index (χ3n) is 3.73. The van der Waals surface area contributed by atoms with Crippen LogP contribution in [0.3, 0.4) is 0 Å². The van der Waals surface area contributed by atoms with Gasteiger partial charge in [0, 0.05) is 24.5 Å². The summed E-state index contributed by atoms with van der Waals surface area (Å²) in [6.07, 6.45) is 6.87. The number of nitrogens with one attached hydrogen (secondary N) is 1. The van der Waals surface area contributed by atoms with E-state index in [9.17, 15) is 4.79 Å². The first-order valence-electron chi connectivity index (χ1n) is 6.73. The van der Waals surface area contributed by atoms with E-state index in [-0.39, 0.29) is 11.6 Å². The van der Waals surface area contributed by atoms with Gasteiger partial charge >= 0.3 is 0 Å². The fourth-order valence-electron chi connectivity index (χ4n) is 2.68. The van der Waals surface area contributed by atoms with E-state index in [1.54, 1.807) is 17.0 Å². The van der Waals surface area contributed by atoms with Crippen molar-refractivity contribution >= 4 is 5.82 Å². The second kappa shape index (κ2) is 4.75. The molecule has 1 aliphatic carbocycles. The van der Waals surface area contributed by atoms with E-state index >= 15 is 0 Å². The maximum Gasteiger partial charge on any atom is 0.293 e. The second-order valence-corrected chi connectivity index (χ2v) is 6.33. The van der Waals surface area contributed by atoms with E-state index in [0.717, 1.165) is 12.8 Å². The topological polar surface area (TPSA) is 46.9 Å². The molecule has 1 unspecified atom stereocenters. The van der Waals surface area contributed by atoms with Crippen LogP contribution in [0.1, 0.15) is 53.0 Å². The van der Waals surface area contributed by atoms with Crippen LogP contribution in [-0.4, -0.2) is 15.6 Å². The molecule has 0 saturated heterocycles. The largest absolute Gasteiger partial charge is 0.363 e. The number of aromatic nitrogens is 2. The average Bonchev–Trinajstić information content (AvgIpc) is 2.61. The van der Waals surface area contributed by atoms with Crippen molar-refractivity contribution in [3.63, 3.8) is 0 Å². The minimum Gasteiger partial charge on any atom is -0.363 e. The molecule has 0 bridgehead atoms. The molecule has 4 heteroatoms. The van der Waals surface area contributed by atoms with Crippen molar-refractivity contribution in [2.75, 3.05) is 5.32 Å². The highest BCUT2D eigenvalue weighted by Gasteiger charge is 2.31. The van der Waals surface area contributed by atoms with Gasteiger partial charge in [-0.1, -0.05) is 13.8 Å². The number of hydrogen-bond donors (Lipinski definition) is 1. The highest BCUT2D eigenvalue weighted by Crippen LogP contribution is 2.37. The summed E-state index contributed by atoms with van der Waals surface area (Å²) in [5.41, 5.74) is 0.362. The average molecular weight is 249 g/mol. The summed E-state index contributed by atoms with van der Waals surface area (Å²) in [5, 5.41) is 3.32. The van der Waals surface area contributed by atoms with Crippen LogP contribution in [0.2, 0.25) is 0 Å². The van der Waals surface area contributed by atoms with Crippen molar-refractivity contribution in [1.29, 1.82) is 0 Å². The van der Waals surface area contributed by atoms with E-state index in [4.69, 9.17) is 0 Å². The SMILES string of the molecule is CC(C)n1ccnc(NC2CCC(C)(C)C2)c1=O. The van der Waals surface area contributed by atoms with Crippen LogP contribution < -0.4 is 10.9 Å². The maximum atomic E-state index is 12.2. The van der Waals surface area contributed by atoms with Gasteiger partial charge in [-0.05, 0) is 38.5 Å². The number of hydrogen-bond acceptors (Lipinski definition) is 3. The molecule has 100 valence electrons. The van der Waals surface area contributed by atoms with Gasteiger partial charge in [-0.2, -0.15) is 0 Å². The van der Waals surface area contributed by atoms with E-state index in [1.807, 2.05) is 13.8 Å². The molecule has 0 amide bonds. The molecule has 2 rings (SSSR count). The van der Waals surface area contributed by atoms with Gasteiger partial charge in [0.15, 0.2) is 5.82 Å². The van der Waals surface area contributed by atoms with Crippen molar-refractivity contribution < 1.29 is 0 Å². The molecule has 1 saturated carbocycles. The molecule has 1 heterocycles. The van der Waals surface area contributed by atoms with E-state index in [0.29, 0.717) is 17.3 Å². The summed E-state index contributed by atoms with van der Waals surface area (Å²) in [6.45, 7) is 8.56. The number of anilines is 1.